The molecule has 0 unspecified atom stereocenters. The lowest BCUT2D eigenvalue weighted by Gasteiger charge is -2.18. The minimum atomic E-state index is -0.465. The van der Waals surface area contributed by atoms with Crippen LogP contribution in [0.4, 0.5) is 10.5 Å². The summed E-state index contributed by atoms with van der Waals surface area (Å²) in [5.41, 5.74) is 4.43. The number of benzene rings is 2. The van der Waals surface area contributed by atoms with Gasteiger partial charge in [0.1, 0.15) is 6.04 Å². The van der Waals surface area contributed by atoms with Crippen LogP contribution in [0.1, 0.15) is 23.1 Å². The second-order valence-electron chi connectivity index (χ2n) is 6.74. The summed E-state index contributed by atoms with van der Waals surface area (Å²) in [6.45, 7) is 5.25. The van der Waals surface area contributed by atoms with Gasteiger partial charge in [-0.25, -0.2) is 4.79 Å². The van der Waals surface area contributed by atoms with Crippen molar-refractivity contribution in [3.8, 4) is 0 Å². The standard InChI is InChI=1S/C21H25N3O2/c1-15-8-9-18(14-16(15)2)24-13-11-19(20(24)25)23-21(26)22-12-10-17-6-4-3-5-7-17/h3-9,14,19H,10-13H2,1-2H3,(H2,22,23,26)/t19-/m1/s1. The quantitative estimate of drug-likeness (QED) is 0.870. The molecule has 0 aromatic heterocycles. The van der Waals surface area contributed by atoms with Crippen LogP contribution in [-0.4, -0.2) is 31.1 Å². The zero-order chi connectivity index (χ0) is 18.5. The van der Waals surface area contributed by atoms with E-state index in [1.807, 2.05) is 55.5 Å². The molecule has 0 saturated carbocycles. The first-order valence-corrected chi connectivity index (χ1v) is 9.01. The van der Waals surface area contributed by atoms with Crippen LogP contribution in [0.25, 0.3) is 0 Å². The van der Waals surface area contributed by atoms with Crippen molar-refractivity contribution in [3.05, 3.63) is 65.2 Å². The molecule has 5 nitrogen and oxygen atoms in total. The van der Waals surface area contributed by atoms with Crippen molar-refractivity contribution < 1.29 is 9.59 Å². The van der Waals surface area contributed by atoms with E-state index in [4.69, 9.17) is 0 Å². The topological polar surface area (TPSA) is 61.4 Å². The smallest absolute Gasteiger partial charge is 0.315 e. The van der Waals surface area contributed by atoms with Crippen LogP contribution < -0.4 is 15.5 Å². The third-order valence-corrected chi connectivity index (χ3v) is 4.86. The van der Waals surface area contributed by atoms with Crippen LogP contribution in [0.5, 0.6) is 0 Å². The Bertz CT molecular complexity index is 789. The monoisotopic (exact) mass is 351 g/mol. The lowest BCUT2D eigenvalue weighted by atomic mass is 10.1. The number of rotatable bonds is 5. The minimum absolute atomic E-state index is 0.0496. The Balaban J connectivity index is 1.50. The summed E-state index contributed by atoms with van der Waals surface area (Å²) in [4.78, 5) is 26.5. The third-order valence-electron chi connectivity index (χ3n) is 4.86. The highest BCUT2D eigenvalue weighted by Gasteiger charge is 2.33. The van der Waals surface area contributed by atoms with Gasteiger partial charge < -0.3 is 15.5 Å². The largest absolute Gasteiger partial charge is 0.338 e. The molecule has 1 fully saturated rings. The van der Waals surface area contributed by atoms with Gasteiger partial charge in [-0.1, -0.05) is 36.4 Å². The molecule has 2 aromatic carbocycles. The molecule has 1 heterocycles. The van der Waals surface area contributed by atoms with Crippen molar-refractivity contribution >= 4 is 17.6 Å². The fraction of sp³-hybridized carbons (Fsp3) is 0.333. The SMILES string of the molecule is Cc1ccc(N2CC[C@@H](NC(=O)NCCc3ccccc3)C2=O)cc1C. The first kappa shape index (κ1) is 18.0. The van der Waals surface area contributed by atoms with E-state index in [2.05, 4.69) is 17.6 Å². The Morgan fingerprint density at radius 1 is 1.12 bits per heavy atom. The van der Waals surface area contributed by atoms with Gasteiger partial charge in [0.25, 0.3) is 0 Å². The maximum absolute atomic E-state index is 12.6. The van der Waals surface area contributed by atoms with E-state index in [1.165, 1.54) is 11.1 Å². The molecule has 1 atom stereocenters. The van der Waals surface area contributed by atoms with Crippen LogP contribution in [0.3, 0.4) is 0 Å². The highest BCUT2D eigenvalue weighted by atomic mass is 16.2. The summed E-state index contributed by atoms with van der Waals surface area (Å²) in [6.07, 6.45) is 1.39. The Hall–Kier alpha value is -2.82. The van der Waals surface area contributed by atoms with Gasteiger partial charge in [-0.2, -0.15) is 0 Å². The zero-order valence-corrected chi connectivity index (χ0v) is 15.3. The van der Waals surface area contributed by atoms with E-state index in [1.54, 1.807) is 4.90 Å². The summed E-state index contributed by atoms with van der Waals surface area (Å²) in [5, 5.41) is 5.63. The first-order valence-electron chi connectivity index (χ1n) is 9.01. The molecule has 2 aromatic rings. The number of carbonyl (C=O) groups excluding carboxylic acids is 2. The van der Waals surface area contributed by atoms with E-state index in [9.17, 15) is 9.59 Å². The number of amides is 3. The predicted molar refractivity (Wildman–Crippen MR) is 103 cm³/mol. The maximum atomic E-state index is 12.6. The van der Waals surface area contributed by atoms with Gasteiger partial charge in [-0.3, -0.25) is 4.79 Å². The van der Waals surface area contributed by atoms with Crippen molar-refractivity contribution in [2.24, 2.45) is 0 Å². The van der Waals surface area contributed by atoms with E-state index in [-0.39, 0.29) is 11.9 Å². The van der Waals surface area contributed by atoms with Gasteiger partial charge in [-0.05, 0) is 55.5 Å². The van der Waals surface area contributed by atoms with Crippen molar-refractivity contribution in [3.63, 3.8) is 0 Å². The molecule has 5 heteroatoms. The molecular formula is C21H25N3O2. The number of anilines is 1. The summed E-state index contributed by atoms with van der Waals surface area (Å²) in [7, 11) is 0. The number of nitrogens with one attached hydrogen (secondary N) is 2. The maximum Gasteiger partial charge on any atom is 0.315 e. The van der Waals surface area contributed by atoms with Crippen LogP contribution in [0.15, 0.2) is 48.5 Å². The molecule has 3 rings (SSSR count). The fourth-order valence-electron chi connectivity index (χ4n) is 3.14. The number of aryl methyl sites for hydroxylation is 2. The first-order chi connectivity index (χ1) is 12.5. The van der Waals surface area contributed by atoms with Crippen LogP contribution in [0, 0.1) is 13.8 Å². The molecule has 26 heavy (non-hydrogen) atoms. The van der Waals surface area contributed by atoms with Gasteiger partial charge in [0.2, 0.25) is 5.91 Å². The average molecular weight is 351 g/mol. The van der Waals surface area contributed by atoms with Crippen molar-refractivity contribution in [2.45, 2.75) is 32.7 Å². The van der Waals surface area contributed by atoms with E-state index < -0.39 is 6.04 Å². The van der Waals surface area contributed by atoms with Crippen molar-refractivity contribution in [2.75, 3.05) is 18.0 Å². The second kappa shape index (κ2) is 8.04. The van der Waals surface area contributed by atoms with E-state index in [0.29, 0.717) is 19.5 Å². The number of carbonyl (C=O) groups is 2. The lowest BCUT2D eigenvalue weighted by Crippen LogP contribution is -2.46. The number of hydrogen-bond donors (Lipinski definition) is 2. The molecule has 2 N–H and O–H groups in total. The summed E-state index contributed by atoms with van der Waals surface area (Å²) < 4.78 is 0. The Morgan fingerprint density at radius 2 is 1.88 bits per heavy atom. The Morgan fingerprint density at radius 3 is 2.62 bits per heavy atom. The predicted octanol–water partition coefficient (Wildman–Crippen LogP) is 2.95. The third kappa shape index (κ3) is 4.23. The normalized spacial score (nSPS) is 16.6. The van der Waals surface area contributed by atoms with Crippen LogP contribution in [-0.2, 0) is 11.2 Å². The Kier molecular flexibility index (Phi) is 5.56. The van der Waals surface area contributed by atoms with Crippen LogP contribution >= 0.6 is 0 Å². The highest BCUT2D eigenvalue weighted by Crippen LogP contribution is 2.24. The van der Waals surface area contributed by atoms with E-state index >= 15 is 0 Å². The van der Waals surface area contributed by atoms with Gasteiger partial charge >= 0.3 is 6.03 Å². The zero-order valence-electron chi connectivity index (χ0n) is 15.3. The molecule has 0 radical (unpaired) electrons. The summed E-state index contributed by atoms with van der Waals surface area (Å²) >= 11 is 0. The minimum Gasteiger partial charge on any atom is -0.338 e. The molecule has 1 aliphatic rings. The molecule has 3 amide bonds. The molecule has 1 saturated heterocycles. The van der Waals surface area contributed by atoms with Crippen molar-refractivity contribution in [1.29, 1.82) is 0 Å². The summed E-state index contributed by atoms with van der Waals surface area (Å²) in [5.74, 6) is -0.0496. The number of urea groups is 1. The van der Waals surface area contributed by atoms with Gasteiger partial charge in [0, 0.05) is 18.8 Å². The van der Waals surface area contributed by atoms with Gasteiger partial charge in [-0.15, -0.1) is 0 Å². The van der Waals surface area contributed by atoms with Crippen LogP contribution in [0.2, 0.25) is 0 Å². The molecule has 136 valence electrons. The van der Waals surface area contributed by atoms with Gasteiger partial charge in [0.05, 0.1) is 0 Å². The number of nitrogens with zero attached hydrogens (tertiary/aromatic N) is 1. The lowest BCUT2D eigenvalue weighted by molar-refractivity contribution is -0.118. The molecule has 1 aliphatic heterocycles. The Labute approximate surface area is 154 Å². The summed E-state index contributed by atoms with van der Waals surface area (Å²) in [6, 6.07) is 15.2. The fourth-order valence-corrected chi connectivity index (χ4v) is 3.14. The highest BCUT2D eigenvalue weighted by molar-refractivity contribution is 6.01. The van der Waals surface area contributed by atoms with Crippen molar-refractivity contribution in [1.82, 2.24) is 10.6 Å². The van der Waals surface area contributed by atoms with Gasteiger partial charge in [0.15, 0.2) is 0 Å². The van der Waals surface area contributed by atoms with E-state index in [0.717, 1.165) is 17.7 Å². The second-order valence-corrected chi connectivity index (χ2v) is 6.74. The number of hydrogen-bond acceptors (Lipinski definition) is 2. The molecule has 0 bridgehead atoms. The molecular weight excluding hydrogens is 326 g/mol. The average Bonchev–Trinajstić information content (AvgIpc) is 2.99. The molecule has 0 aliphatic carbocycles. The molecule has 0 spiro atoms.